The molecule has 0 aliphatic rings. The fraction of sp³-hybridized carbons (Fsp3) is 0.286. The van der Waals surface area contributed by atoms with E-state index in [1.165, 1.54) is 13.1 Å². The van der Waals surface area contributed by atoms with Crippen molar-refractivity contribution in [3.05, 3.63) is 52.9 Å². The van der Waals surface area contributed by atoms with Gasteiger partial charge in [-0.2, -0.15) is 13.2 Å². The average molecular weight is 349 g/mol. The monoisotopic (exact) mass is 349 g/mol. The molecule has 2 aromatic rings. The number of nitrogens with zero attached hydrogens (tertiary/aromatic N) is 2. The van der Waals surface area contributed by atoms with Gasteiger partial charge in [-0.15, -0.1) is 0 Å². The number of urea groups is 1. The summed E-state index contributed by atoms with van der Waals surface area (Å²) in [5.74, 6) is -3.30. The molecule has 0 atom stereocenters. The van der Waals surface area contributed by atoms with Crippen molar-refractivity contribution in [1.29, 1.82) is 0 Å². The molecule has 0 saturated carbocycles. The summed E-state index contributed by atoms with van der Waals surface area (Å²) in [7, 11) is 1.39. The van der Waals surface area contributed by atoms with Crippen LogP contribution in [0.3, 0.4) is 0 Å². The second-order valence-corrected chi connectivity index (χ2v) is 4.94. The van der Waals surface area contributed by atoms with Crippen LogP contribution >= 0.6 is 0 Å². The first-order valence-corrected chi connectivity index (χ1v) is 6.62. The molecule has 0 aliphatic carbocycles. The molecule has 24 heavy (non-hydrogen) atoms. The maximum absolute atomic E-state index is 13.1. The normalized spacial score (nSPS) is 11.4. The maximum Gasteiger partial charge on any atom is 0.452 e. The van der Waals surface area contributed by atoms with E-state index < -0.39 is 29.6 Å². The molecule has 0 radical (unpaired) electrons. The van der Waals surface area contributed by atoms with Crippen molar-refractivity contribution in [2.45, 2.75) is 19.3 Å². The summed E-state index contributed by atoms with van der Waals surface area (Å²) in [5, 5.41) is 5.54. The smallest absolute Gasteiger partial charge is 0.351 e. The minimum atomic E-state index is -4.65. The minimum absolute atomic E-state index is 0.0182. The number of nitrogens with one attached hydrogen (secondary N) is 1. The van der Waals surface area contributed by atoms with Gasteiger partial charge in [0.05, 0.1) is 6.54 Å². The van der Waals surface area contributed by atoms with Crippen LogP contribution in [-0.4, -0.2) is 23.1 Å². The first-order valence-electron chi connectivity index (χ1n) is 6.62. The van der Waals surface area contributed by atoms with Crippen LogP contribution in [-0.2, 0) is 19.3 Å². The van der Waals surface area contributed by atoms with Gasteiger partial charge in [-0.1, -0.05) is 11.2 Å². The third kappa shape index (κ3) is 4.43. The summed E-state index contributed by atoms with van der Waals surface area (Å²) in [6.07, 6.45) is -4.65. The molecule has 1 heterocycles. The first-order chi connectivity index (χ1) is 11.2. The third-order valence-electron chi connectivity index (χ3n) is 3.01. The SMILES string of the molecule is CN(Cc1ccc(F)c(F)c1)C(=O)NCc1cc(C(F)(F)F)on1. The second-order valence-electron chi connectivity index (χ2n) is 4.94. The number of halogens is 5. The third-order valence-corrected chi connectivity index (χ3v) is 3.01. The lowest BCUT2D eigenvalue weighted by molar-refractivity contribution is -0.155. The zero-order valence-corrected chi connectivity index (χ0v) is 12.3. The Bertz CT molecular complexity index is 729. The highest BCUT2D eigenvalue weighted by Gasteiger charge is 2.36. The van der Waals surface area contributed by atoms with E-state index in [-0.39, 0.29) is 18.8 Å². The predicted molar refractivity (Wildman–Crippen MR) is 71.6 cm³/mol. The van der Waals surface area contributed by atoms with Gasteiger partial charge in [0, 0.05) is 19.7 Å². The van der Waals surface area contributed by atoms with Crippen LogP contribution in [0.25, 0.3) is 0 Å². The molecule has 1 N–H and O–H groups in total. The average Bonchev–Trinajstić information content (AvgIpc) is 2.97. The number of alkyl halides is 3. The minimum Gasteiger partial charge on any atom is -0.351 e. The van der Waals surface area contributed by atoms with E-state index in [4.69, 9.17) is 0 Å². The van der Waals surface area contributed by atoms with E-state index >= 15 is 0 Å². The Morgan fingerprint density at radius 3 is 2.54 bits per heavy atom. The molecule has 2 rings (SSSR count). The molecule has 0 spiro atoms. The molecule has 0 bridgehead atoms. The lowest BCUT2D eigenvalue weighted by atomic mass is 10.2. The van der Waals surface area contributed by atoms with Crippen molar-refractivity contribution < 1.29 is 31.3 Å². The molecule has 0 unspecified atom stereocenters. The van der Waals surface area contributed by atoms with E-state index in [1.54, 1.807) is 0 Å². The van der Waals surface area contributed by atoms with Gasteiger partial charge in [0.15, 0.2) is 11.6 Å². The van der Waals surface area contributed by atoms with Crippen LogP contribution in [0.2, 0.25) is 0 Å². The van der Waals surface area contributed by atoms with Crippen LogP contribution in [0.5, 0.6) is 0 Å². The van der Waals surface area contributed by atoms with Gasteiger partial charge in [0.1, 0.15) is 5.69 Å². The number of aromatic nitrogens is 1. The highest BCUT2D eigenvalue weighted by Crippen LogP contribution is 2.29. The van der Waals surface area contributed by atoms with Crippen molar-refractivity contribution in [2.75, 3.05) is 7.05 Å². The Morgan fingerprint density at radius 2 is 1.96 bits per heavy atom. The Labute approximate surface area is 133 Å². The van der Waals surface area contributed by atoms with Crippen LogP contribution in [0, 0.1) is 11.6 Å². The van der Waals surface area contributed by atoms with E-state index in [9.17, 15) is 26.7 Å². The largest absolute Gasteiger partial charge is 0.452 e. The lowest BCUT2D eigenvalue weighted by Crippen LogP contribution is -2.36. The molecular formula is C14H12F5N3O2. The van der Waals surface area contributed by atoms with Gasteiger partial charge in [-0.05, 0) is 17.7 Å². The zero-order chi connectivity index (χ0) is 17.9. The number of hydrogen-bond acceptors (Lipinski definition) is 3. The van der Waals surface area contributed by atoms with Crippen LogP contribution < -0.4 is 5.32 Å². The first kappa shape index (κ1) is 17.7. The molecule has 5 nitrogen and oxygen atoms in total. The fourth-order valence-electron chi connectivity index (χ4n) is 1.81. The maximum atomic E-state index is 13.1. The standard InChI is InChI=1S/C14H12F5N3O2/c1-22(7-8-2-3-10(15)11(16)4-8)13(23)20-6-9-5-12(24-21-9)14(17,18)19/h2-5H,6-7H2,1H3,(H,20,23). The molecular weight excluding hydrogens is 337 g/mol. The number of rotatable bonds is 4. The summed E-state index contributed by atoms with van der Waals surface area (Å²) in [5.41, 5.74) is 0.254. The molecule has 0 fully saturated rings. The Morgan fingerprint density at radius 1 is 1.25 bits per heavy atom. The molecule has 0 aliphatic heterocycles. The quantitative estimate of drug-likeness (QED) is 0.862. The Hall–Kier alpha value is -2.65. The molecule has 2 amide bonds. The molecule has 10 heteroatoms. The predicted octanol–water partition coefficient (Wildman–Crippen LogP) is 3.31. The highest BCUT2D eigenvalue weighted by atomic mass is 19.4. The number of carbonyl (C=O) groups excluding carboxylic acids is 1. The van der Waals surface area contributed by atoms with E-state index in [2.05, 4.69) is 15.0 Å². The van der Waals surface area contributed by atoms with Crippen LogP contribution in [0.15, 0.2) is 28.8 Å². The van der Waals surface area contributed by atoms with Gasteiger partial charge in [0.2, 0.25) is 5.76 Å². The summed E-state index contributed by atoms with van der Waals surface area (Å²) in [4.78, 5) is 13.0. The van der Waals surface area contributed by atoms with Crippen LogP contribution in [0.4, 0.5) is 26.7 Å². The number of amides is 2. The summed E-state index contributed by atoms with van der Waals surface area (Å²) in [6, 6.07) is 3.25. The zero-order valence-electron chi connectivity index (χ0n) is 12.3. The Kier molecular flexibility index (Phi) is 5.05. The number of carbonyl (C=O) groups is 1. The van der Waals surface area contributed by atoms with Crippen molar-refractivity contribution >= 4 is 6.03 Å². The fourth-order valence-corrected chi connectivity index (χ4v) is 1.81. The van der Waals surface area contributed by atoms with Gasteiger partial charge < -0.3 is 14.7 Å². The molecule has 130 valence electrons. The molecule has 1 aromatic heterocycles. The van der Waals surface area contributed by atoms with Gasteiger partial charge in [-0.25, -0.2) is 13.6 Å². The van der Waals surface area contributed by atoms with E-state index in [0.29, 0.717) is 11.6 Å². The van der Waals surface area contributed by atoms with E-state index in [1.807, 2.05) is 0 Å². The molecule has 0 saturated heterocycles. The Balaban J connectivity index is 1.89. The van der Waals surface area contributed by atoms with Crippen molar-refractivity contribution in [3.63, 3.8) is 0 Å². The van der Waals surface area contributed by atoms with E-state index in [0.717, 1.165) is 17.0 Å². The van der Waals surface area contributed by atoms with Crippen molar-refractivity contribution in [1.82, 2.24) is 15.4 Å². The number of hydrogen-bond donors (Lipinski definition) is 1. The lowest BCUT2D eigenvalue weighted by Gasteiger charge is -2.17. The van der Waals surface area contributed by atoms with Gasteiger partial charge in [-0.3, -0.25) is 0 Å². The summed E-state index contributed by atoms with van der Waals surface area (Å²) >= 11 is 0. The van der Waals surface area contributed by atoms with Crippen molar-refractivity contribution in [2.24, 2.45) is 0 Å². The second kappa shape index (κ2) is 6.85. The molecule has 1 aromatic carbocycles. The van der Waals surface area contributed by atoms with Gasteiger partial charge in [0.25, 0.3) is 0 Å². The number of benzene rings is 1. The summed E-state index contributed by atoms with van der Waals surface area (Å²) in [6.45, 7) is -0.295. The van der Waals surface area contributed by atoms with Crippen molar-refractivity contribution in [3.8, 4) is 0 Å². The topological polar surface area (TPSA) is 58.4 Å². The van der Waals surface area contributed by atoms with Gasteiger partial charge >= 0.3 is 12.2 Å². The van der Waals surface area contributed by atoms with Crippen LogP contribution in [0.1, 0.15) is 17.0 Å². The summed E-state index contributed by atoms with van der Waals surface area (Å²) < 4.78 is 67.1. The highest BCUT2D eigenvalue weighted by molar-refractivity contribution is 5.73.